The molecule has 0 atom stereocenters. The minimum absolute atomic E-state index is 0.0336. The lowest BCUT2D eigenvalue weighted by Crippen LogP contribution is -2.54. The van der Waals surface area contributed by atoms with E-state index >= 15 is 0 Å². The van der Waals surface area contributed by atoms with Crippen molar-refractivity contribution in [3.63, 3.8) is 0 Å². The average Bonchev–Trinajstić information content (AvgIpc) is 3.28. The SMILES string of the molecule is Cc1csc(-c2cc(C(O)(C(F)(F)F)C(F)(F)F)cnc2N2CCN(S(=O)(=O)c3ccc(N)nc3)CC2)c1. The van der Waals surface area contributed by atoms with Gasteiger partial charge >= 0.3 is 12.4 Å². The van der Waals surface area contributed by atoms with Crippen molar-refractivity contribution in [3.05, 3.63) is 53.2 Å². The molecule has 3 N–H and O–H groups in total. The first-order valence-electron chi connectivity index (χ1n) is 10.9. The van der Waals surface area contributed by atoms with Crippen molar-refractivity contribution in [2.24, 2.45) is 0 Å². The van der Waals surface area contributed by atoms with E-state index in [1.165, 1.54) is 16.4 Å². The number of rotatable bonds is 5. The maximum absolute atomic E-state index is 13.5. The Bertz CT molecular complexity index is 1400. The van der Waals surface area contributed by atoms with Crippen molar-refractivity contribution < 1.29 is 39.9 Å². The number of anilines is 2. The molecule has 3 aromatic rings. The van der Waals surface area contributed by atoms with E-state index in [9.17, 15) is 39.9 Å². The zero-order valence-corrected chi connectivity index (χ0v) is 21.2. The van der Waals surface area contributed by atoms with Gasteiger partial charge in [-0.25, -0.2) is 18.4 Å². The molecule has 0 unspecified atom stereocenters. The van der Waals surface area contributed by atoms with Crippen LogP contribution in [-0.2, 0) is 15.6 Å². The van der Waals surface area contributed by atoms with Gasteiger partial charge in [-0.15, -0.1) is 11.3 Å². The average molecular weight is 582 g/mol. The first-order valence-corrected chi connectivity index (χ1v) is 13.3. The van der Waals surface area contributed by atoms with Gasteiger partial charge in [0, 0.05) is 54.6 Å². The Labute approximate surface area is 217 Å². The zero-order chi connectivity index (χ0) is 28.1. The number of hydrogen-bond donors (Lipinski definition) is 2. The van der Waals surface area contributed by atoms with Crippen LogP contribution in [0.25, 0.3) is 10.4 Å². The summed E-state index contributed by atoms with van der Waals surface area (Å²) in [6.07, 6.45) is -10.7. The molecule has 8 nitrogen and oxygen atoms in total. The quantitative estimate of drug-likeness (QED) is 0.440. The molecule has 4 heterocycles. The third kappa shape index (κ3) is 4.92. The highest BCUT2D eigenvalue weighted by Crippen LogP contribution is 2.51. The number of nitrogen functional groups attached to an aromatic ring is 1. The maximum atomic E-state index is 13.5. The minimum atomic E-state index is -6.06. The summed E-state index contributed by atoms with van der Waals surface area (Å²) < 4.78 is 108. The number of hydrogen-bond acceptors (Lipinski definition) is 8. The summed E-state index contributed by atoms with van der Waals surface area (Å²) >= 11 is 1.08. The summed E-state index contributed by atoms with van der Waals surface area (Å²) in [6, 6.07) is 4.86. The van der Waals surface area contributed by atoms with Crippen LogP contribution in [0.3, 0.4) is 0 Å². The number of thiophene rings is 1. The molecule has 0 spiro atoms. The molecule has 3 aromatic heterocycles. The third-order valence-corrected chi connectivity index (χ3v) is 9.00. The number of aryl methyl sites for hydroxylation is 1. The van der Waals surface area contributed by atoms with E-state index in [4.69, 9.17) is 5.73 Å². The number of aliphatic hydroxyl groups is 1. The van der Waals surface area contributed by atoms with E-state index in [1.807, 2.05) is 0 Å². The molecule has 206 valence electrons. The molecule has 16 heteroatoms. The molecular weight excluding hydrogens is 560 g/mol. The fourth-order valence-electron chi connectivity index (χ4n) is 3.98. The van der Waals surface area contributed by atoms with Crippen LogP contribution < -0.4 is 10.6 Å². The smallest absolute Gasteiger partial charge is 0.384 e. The first kappa shape index (κ1) is 28.1. The Balaban J connectivity index is 1.69. The third-order valence-electron chi connectivity index (χ3n) is 6.04. The van der Waals surface area contributed by atoms with Crippen LogP contribution in [0.15, 0.2) is 46.9 Å². The molecule has 1 fully saturated rings. The van der Waals surface area contributed by atoms with Crippen molar-refractivity contribution in [2.75, 3.05) is 36.8 Å². The van der Waals surface area contributed by atoms with E-state index in [1.54, 1.807) is 23.3 Å². The number of nitrogens with zero attached hydrogens (tertiary/aromatic N) is 4. The molecule has 38 heavy (non-hydrogen) atoms. The van der Waals surface area contributed by atoms with Crippen molar-refractivity contribution in [2.45, 2.75) is 29.8 Å². The van der Waals surface area contributed by atoms with E-state index in [0.717, 1.165) is 23.1 Å². The van der Waals surface area contributed by atoms with Crippen LogP contribution in [0, 0.1) is 6.92 Å². The standard InChI is InChI=1S/C22H21F6N5O3S2/c1-13-8-17(37-12-13)16-9-14(20(34,21(23,24)25)22(26,27)28)10-31-19(16)32-4-6-33(7-5-32)38(35,36)15-2-3-18(29)30-11-15/h2-3,8-12,34H,4-7H2,1H3,(H2,29,30). The van der Waals surface area contributed by atoms with Gasteiger partial charge in [0.05, 0.1) is 0 Å². The second kappa shape index (κ2) is 9.66. The maximum Gasteiger partial charge on any atom is 0.430 e. The van der Waals surface area contributed by atoms with Crippen molar-refractivity contribution in [1.29, 1.82) is 0 Å². The number of nitrogens with two attached hydrogens (primary N) is 1. The highest BCUT2D eigenvalue weighted by Gasteiger charge is 2.71. The lowest BCUT2D eigenvalue weighted by molar-refractivity contribution is -0.376. The number of pyridine rings is 2. The van der Waals surface area contributed by atoms with Gasteiger partial charge in [-0.2, -0.15) is 30.6 Å². The lowest BCUT2D eigenvalue weighted by atomic mass is 9.92. The lowest BCUT2D eigenvalue weighted by Gasteiger charge is -2.36. The normalized spacial score (nSPS) is 16.2. The Morgan fingerprint density at radius 3 is 2.11 bits per heavy atom. The molecule has 0 bridgehead atoms. The Morgan fingerprint density at radius 1 is 0.974 bits per heavy atom. The predicted octanol–water partition coefficient (Wildman–Crippen LogP) is 3.92. The van der Waals surface area contributed by atoms with Gasteiger partial charge in [-0.1, -0.05) is 0 Å². The molecule has 0 aliphatic carbocycles. The summed E-state index contributed by atoms with van der Waals surface area (Å²) in [7, 11) is -3.91. The molecule has 0 saturated carbocycles. The zero-order valence-electron chi connectivity index (χ0n) is 19.6. The van der Waals surface area contributed by atoms with Crippen molar-refractivity contribution >= 4 is 33.0 Å². The fraction of sp³-hybridized carbons (Fsp3) is 0.364. The van der Waals surface area contributed by atoms with Gasteiger partial charge in [0.15, 0.2) is 0 Å². The van der Waals surface area contributed by atoms with Crippen LogP contribution in [0.4, 0.5) is 38.0 Å². The van der Waals surface area contributed by atoms with E-state index in [0.29, 0.717) is 17.1 Å². The van der Waals surface area contributed by atoms with Crippen LogP contribution >= 0.6 is 11.3 Å². The Kier molecular flexibility index (Phi) is 7.14. The Hall–Kier alpha value is -2.95. The van der Waals surface area contributed by atoms with Crippen molar-refractivity contribution in [3.8, 4) is 10.4 Å². The highest BCUT2D eigenvalue weighted by molar-refractivity contribution is 7.89. The van der Waals surface area contributed by atoms with Gasteiger partial charge in [-0.05, 0) is 42.1 Å². The topological polar surface area (TPSA) is 113 Å². The van der Waals surface area contributed by atoms with Crippen molar-refractivity contribution in [1.82, 2.24) is 14.3 Å². The summed E-state index contributed by atoms with van der Waals surface area (Å²) in [6.45, 7) is 1.73. The molecule has 1 saturated heterocycles. The minimum Gasteiger partial charge on any atom is -0.384 e. The largest absolute Gasteiger partial charge is 0.430 e. The monoisotopic (exact) mass is 581 g/mol. The predicted molar refractivity (Wildman–Crippen MR) is 128 cm³/mol. The van der Waals surface area contributed by atoms with Gasteiger partial charge in [0.2, 0.25) is 10.0 Å². The second-order valence-corrected chi connectivity index (χ2v) is 11.4. The number of alkyl halides is 6. The fourth-order valence-corrected chi connectivity index (χ4v) is 6.26. The van der Waals surface area contributed by atoms with E-state index in [-0.39, 0.29) is 48.3 Å². The van der Waals surface area contributed by atoms with Gasteiger partial charge < -0.3 is 15.7 Å². The summed E-state index contributed by atoms with van der Waals surface area (Å²) in [5, 5.41) is 11.6. The molecule has 4 rings (SSSR count). The van der Waals surface area contributed by atoms with E-state index < -0.39 is 33.5 Å². The number of piperazine rings is 1. The van der Waals surface area contributed by atoms with Crippen LogP contribution in [0.5, 0.6) is 0 Å². The van der Waals surface area contributed by atoms with Gasteiger partial charge in [0.1, 0.15) is 16.5 Å². The number of halogens is 6. The second-order valence-electron chi connectivity index (χ2n) is 8.60. The molecule has 0 amide bonds. The molecule has 1 aliphatic rings. The van der Waals surface area contributed by atoms with Gasteiger partial charge in [-0.3, -0.25) is 0 Å². The highest BCUT2D eigenvalue weighted by atomic mass is 32.2. The number of sulfonamides is 1. The van der Waals surface area contributed by atoms with Crippen LogP contribution in [0.2, 0.25) is 0 Å². The van der Waals surface area contributed by atoms with Gasteiger partial charge in [0.25, 0.3) is 5.60 Å². The summed E-state index contributed by atoms with van der Waals surface area (Å²) in [5.74, 6) is 0.205. The van der Waals surface area contributed by atoms with Crippen LogP contribution in [-0.4, -0.2) is 66.3 Å². The molecule has 1 aliphatic heterocycles. The molecule has 0 radical (unpaired) electrons. The number of aromatic nitrogens is 2. The molecular formula is C22H21F6N5O3S2. The first-order chi connectivity index (χ1) is 17.6. The summed E-state index contributed by atoms with van der Waals surface area (Å²) in [4.78, 5) is 9.53. The molecule has 0 aromatic carbocycles. The van der Waals surface area contributed by atoms with Crippen LogP contribution in [0.1, 0.15) is 11.1 Å². The Morgan fingerprint density at radius 2 is 1.61 bits per heavy atom. The summed E-state index contributed by atoms with van der Waals surface area (Å²) in [5.41, 5.74) is -0.429. The van der Waals surface area contributed by atoms with E-state index in [2.05, 4.69) is 9.97 Å².